The number of rotatable bonds is 9. The Morgan fingerprint density at radius 2 is 1.57 bits per heavy atom. The Morgan fingerprint density at radius 3 is 2.00 bits per heavy atom. The van der Waals surface area contributed by atoms with Crippen LogP contribution in [0.3, 0.4) is 0 Å². The van der Waals surface area contributed by atoms with Crippen LogP contribution in [0.1, 0.15) is 72.6 Å². The highest BCUT2D eigenvalue weighted by molar-refractivity contribution is 5.78. The van der Waals surface area contributed by atoms with Crippen LogP contribution in [0, 0.1) is 11.3 Å². The summed E-state index contributed by atoms with van der Waals surface area (Å²) in [5.41, 5.74) is -1.64. The maximum Gasteiger partial charge on any atom is 0.456 e. The summed E-state index contributed by atoms with van der Waals surface area (Å²) in [7, 11) is 0. The number of carbonyl (C=O) groups excluding carboxylic acids is 2. The Hall–Kier alpha value is -1.41. The van der Waals surface area contributed by atoms with Gasteiger partial charge in [-0.3, -0.25) is 9.59 Å². The van der Waals surface area contributed by atoms with Crippen molar-refractivity contribution in [2.75, 3.05) is 6.61 Å². The summed E-state index contributed by atoms with van der Waals surface area (Å²) < 4.78 is 72.5. The van der Waals surface area contributed by atoms with Crippen LogP contribution in [0.2, 0.25) is 0 Å². The molecule has 0 spiro atoms. The van der Waals surface area contributed by atoms with Gasteiger partial charge in [-0.15, -0.1) is 0 Å². The molecule has 1 aliphatic rings. The van der Waals surface area contributed by atoms with E-state index in [0.29, 0.717) is 6.42 Å². The van der Waals surface area contributed by atoms with Crippen LogP contribution < -0.4 is 0 Å². The first-order chi connectivity index (χ1) is 12.7. The lowest BCUT2D eigenvalue weighted by molar-refractivity contribution is -0.294. The van der Waals surface area contributed by atoms with E-state index in [1.165, 1.54) is 0 Å². The SMILES string of the molecule is CCC(CC(C)(C)C(=O)OC1(CC)CCCC1)C(=O)OCC(F)(F)C(F)(F)F. The average molecular weight is 416 g/mol. The quantitative estimate of drug-likeness (QED) is 0.371. The lowest BCUT2D eigenvalue weighted by Gasteiger charge is -2.34. The molecule has 4 nitrogen and oxygen atoms in total. The molecule has 0 aromatic carbocycles. The normalized spacial score (nSPS) is 18.6. The first-order valence-electron chi connectivity index (χ1n) is 9.54. The molecular weight excluding hydrogens is 387 g/mol. The van der Waals surface area contributed by atoms with Crippen molar-refractivity contribution in [2.45, 2.75) is 90.3 Å². The predicted octanol–water partition coefficient (Wildman–Crippen LogP) is 5.44. The van der Waals surface area contributed by atoms with E-state index in [1.54, 1.807) is 20.8 Å². The van der Waals surface area contributed by atoms with Crippen LogP contribution in [0.5, 0.6) is 0 Å². The maximum atomic E-state index is 13.0. The molecule has 164 valence electrons. The molecule has 0 aliphatic heterocycles. The minimum Gasteiger partial charge on any atom is -0.459 e. The minimum atomic E-state index is -5.80. The number of esters is 2. The predicted molar refractivity (Wildman–Crippen MR) is 91.7 cm³/mol. The molecule has 28 heavy (non-hydrogen) atoms. The third kappa shape index (κ3) is 6.04. The van der Waals surface area contributed by atoms with Crippen LogP contribution in [0.25, 0.3) is 0 Å². The van der Waals surface area contributed by atoms with Crippen molar-refractivity contribution in [1.82, 2.24) is 0 Å². The number of carbonyl (C=O) groups is 2. The van der Waals surface area contributed by atoms with Crippen molar-refractivity contribution in [3.05, 3.63) is 0 Å². The molecule has 1 saturated carbocycles. The number of alkyl halides is 5. The third-order valence-electron chi connectivity index (χ3n) is 5.41. The van der Waals surface area contributed by atoms with Crippen LogP contribution in [0.15, 0.2) is 0 Å². The van der Waals surface area contributed by atoms with Crippen molar-refractivity contribution >= 4 is 11.9 Å². The first kappa shape index (κ1) is 24.6. The number of hydrogen-bond acceptors (Lipinski definition) is 4. The molecule has 1 atom stereocenters. The lowest BCUT2D eigenvalue weighted by atomic mass is 9.81. The van der Waals surface area contributed by atoms with Gasteiger partial charge >= 0.3 is 24.0 Å². The fourth-order valence-corrected chi connectivity index (χ4v) is 3.34. The zero-order valence-corrected chi connectivity index (χ0v) is 16.8. The summed E-state index contributed by atoms with van der Waals surface area (Å²) in [6.45, 7) is 4.55. The van der Waals surface area contributed by atoms with Gasteiger partial charge in [0.1, 0.15) is 5.60 Å². The molecule has 0 saturated heterocycles. The van der Waals surface area contributed by atoms with E-state index in [1.807, 2.05) is 6.92 Å². The molecule has 0 radical (unpaired) electrons. The van der Waals surface area contributed by atoms with E-state index in [0.717, 1.165) is 25.7 Å². The van der Waals surface area contributed by atoms with Crippen molar-refractivity contribution in [2.24, 2.45) is 11.3 Å². The molecule has 0 aromatic rings. The molecular formula is C19H29F5O4. The van der Waals surface area contributed by atoms with E-state index in [4.69, 9.17) is 4.74 Å². The maximum absolute atomic E-state index is 13.0. The molecule has 9 heteroatoms. The second-order valence-corrected chi connectivity index (χ2v) is 8.14. The van der Waals surface area contributed by atoms with E-state index >= 15 is 0 Å². The van der Waals surface area contributed by atoms with Gasteiger partial charge in [0.05, 0.1) is 11.3 Å². The standard InChI is InChI=1S/C19H29F5O4/c1-5-13(14(25)27-12-18(20,21)19(22,23)24)11-16(3,4)15(26)28-17(6-2)9-7-8-10-17/h13H,5-12H2,1-4H3. The summed E-state index contributed by atoms with van der Waals surface area (Å²) in [5.74, 6) is -7.81. The summed E-state index contributed by atoms with van der Waals surface area (Å²) in [6.07, 6.45) is -1.63. The zero-order valence-electron chi connectivity index (χ0n) is 16.8. The Balaban J connectivity index is 2.73. The van der Waals surface area contributed by atoms with Crippen molar-refractivity contribution in [3.8, 4) is 0 Å². The molecule has 1 fully saturated rings. The van der Waals surface area contributed by atoms with Crippen molar-refractivity contribution < 1.29 is 41.0 Å². The van der Waals surface area contributed by atoms with Crippen LogP contribution in [-0.2, 0) is 19.1 Å². The highest BCUT2D eigenvalue weighted by Crippen LogP contribution is 2.40. The number of halogens is 5. The van der Waals surface area contributed by atoms with E-state index in [-0.39, 0.29) is 12.8 Å². The molecule has 1 rings (SSSR count). The highest BCUT2D eigenvalue weighted by atomic mass is 19.4. The largest absolute Gasteiger partial charge is 0.459 e. The lowest BCUT2D eigenvalue weighted by Crippen LogP contribution is -2.42. The molecule has 0 N–H and O–H groups in total. The smallest absolute Gasteiger partial charge is 0.456 e. The molecule has 0 amide bonds. The zero-order chi connectivity index (χ0) is 21.8. The monoisotopic (exact) mass is 416 g/mol. The van der Waals surface area contributed by atoms with Crippen molar-refractivity contribution in [3.63, 3.8) is 0 Å². The molecule has 1 aliphatic carbocycles. The van der Waals surface area contributed by atoms with E-state index < -0.39 is 47.6 Å². The van der Waals surface area contributed by atoms with Gasteiger partial charge in [0.15, 0.2) is 6.61 Å². The van der Waals surface area contributed by atoms with Gasteiger partial charge in [0.2, 0.25) is 0 Å². The Bertz CT molecular complexity index is 551. The first-order valence-corrected chi connectivity index (χ1v) is 9.54. The molecule has 0 aromatic heterocycles. The fourth-order valence-electron chi connectivity index (χ4n) is 3.34. The van der Waals surface area contributed by atoms with Gasteiger partial charge in [-0.1, -0.05) is 13.8 Å². The van der Waals surface area contributed by atoms with E-state index in [2.05, 4.69) is 4.74 Å². The van der Waals surface area contributed by atoms with Crippen molar-refractivity contribution in [1.29, 1.82) is 0 Å². The van der Waals surface area contributed by atoms with E-state index in [9.17, 15) is 31.5 Å². The van der Waals surface area contributed by atoms with Crippen LogP contribution >= 0.6 is 0 Å². The Morgan fingerprint density at radius 1 is 1.04 bits per heavy atom. The summed E-state index contributed by atoms with van der Waals surface area (Å²) in [5, 5.41) is 0. The second-order valence-electron chi connectivity index (χ2n) is 8.14. The molecule has 1 unspecified atom stereocenters. The van der Waals surface area contributed by atoms with Gasteiger partial charge in [0, 0.05) is 0 Å². The fraction of sp³-hybridized carbons (Fsp3) is 0.895. The molecule has 0 heterocycles. The number of hydrogen-bond donors (Lipinski definition) is 0. The Labute approximate surface area is 162 Å². The summed E-state index contributed by atoms with van der Waals surface area (Å²) in [6, 6.07) is 0. The van der Waals surface area contributed by atoms with Gasteiger partial charge in [-0.2, -0.15) is 22.0 Å². The topological polar surface area (TPSA) is 52.6 Å². The molecule has 0 bridgehead atoms. The summed E-state index contributed by atoms with van der Waals surface area (Å²) in [4.78, 5) is 24.7. The third-order valence-corrected chi connectivity index (χ3v) is 5.41. The summed E-state index contributed by atoms with van der Waals surface area (Å²) >= 11 is 0. The second kappa shape index (κ2) is 8.95. The highest BCUT2D eigenvalue weighted by Gasteiger charge is 2.58. The van der Waals surface area contributed by atoms with Gasteiger partial charge in [0.25, 0.3) is 0 Å². The average Bonchev–Trinajstić information content (AvgIpc) is 3.05. The number of ether oxygens (including phenoxy) is 2. The van der Waals surface area contributed by atoms with Gasteiger partial charge in [-0.25, -0.2) is 0 Å². The minimum absolute atomic E-state index is 0.0709. The van der Waals surface area contributed by atoms with Crippen LogP contribution in [0.4, 0.5) is 22.0 Å². The van der Waals surface area contributed by atoms with Crippen LogP contribution in [-0.4, -0.2) is 36.2 Å². The van der Waals surface area contributed by atoms with Gasteiger partial charge < -0.3 is 9.47 Å². The Kier molecular flexibility index (Phi) is 7.87. The van der Waals surface area contributed by atoms with Gasteiger partial charge in [-0.05, 0) is 58.8 Å².